The number of non-ortho nitro benzene ring substituents is 1. The van der Waals surface area contributed by atoms with Gasteiger partial charge in [-0.05, 0) is 13.0 Å². The summed E-state index contributed by atoms with van der Waals surface area (Å²) in [6, 6.07) is 3.64. The normalized spacial score (nSPS) is 11.5. The number of rotatable bonds is 7. The largest absolute Gasteiger partial charge is 0.449 e. The van der Waals surface area contributed by atoms with Crippen molar-refractivity contribution in [3.63, 3.8) is 0 Å². The third-order valence-corrected chi connectivity index (χ3v) is 2.93. The molecule has 0 radical (unpaired) electrons. The van der Waals surface area contributed by atoms with Crippen LogP contribution >= 0.6 is 0 Å². The number of aliphatic hydroxyl groups excluding tert-OH is 1. The molecule has 0 unspecified atom stereocenters. The Hall–Kier alpha value is -2.68. The second-order valence-electron chi connectivity index (χ2n) is 4.92. The number of nitrogens with one attached hydrogen (secondary N) is 1. The Morgan fingerprint density at radius 3 is 2.61 bits per heavy atom. The molecule has 0 aliphatic carbocycles. The topological polar surface area (TPSA) is 122 Å². The Bertz CT molecular complexity index is 602. The molecule has 0 spiro atoms. The van der Waals surface area contributed by atoms with Gasteiger partial charge in [-0.25, -0.2) is 4.79 Å². The minimum absolute atomic E-state index is 0.0777. The number of aliphatic hydroxyl groups is 1. The Kier molecular flexibility index (Phi) is 6.46. The van der Waals surface area contributed by atoms with Crippen LogP contribution in [-0.4, -0.2) is 60.2 Å². The highest BCUT2D eigenvalue weighted by molar-refractivity contribution is 5.98. The second kappa shape index (κ2) is 8.08. The number of carbonyl (C=O) groups is 2. The van der Waals surface area contributed by atoms with E-state index in [2.05, 4.69) is 5.32 Å². The molecule has 0 saturated carbocycles. The molecule has 9 heteroatoms. The van der Waals surface area contributed by atoms with Crippen LogP contribution in [0.15, 0.2) is 18.2 Å². The first-order valence-electron chi connectivity index (χ1n) is 6.83. The van der Waals surface area contributed by atoms with E-state index in [1.807, 2.05) is 0 Å². The maximum atomic E-state index is 12.2. The van der Waals surface area contributed by atoms with Gasteiger partial charge in [0.05, 0.1) is 17.1 Å². The van der Waals surface area contributed by atoms with Crippen molar-refractivity contribution in [3.8, 4) is 0 Å². The number of nitro benzene ring substituents is 1. The van der Waals surface area contributed by atoms with E-state index in [0.717, 1.165) is 6.07 Å². The first kappa shape index (κ1) is 18.4. The summed E-state index contributed by atoms with van der Waals surface area (Å²) in [7, 11) is 3.04. The van der Waals surface area contributed by atoms with Crippen molar-refractivity contribution in [1.29, 1.82) is 0 Å². The summed E-state index contributed by atoms with van der Waals surface area (Å²) in [5, 5.41) is 22.5. The molecule has 126 valence electrons. The van der Waals surface area contributed by atoms with Gasteiger partial charge in [0, 0.05) is 38.5 Å². The maximum absolute atomic E-state index is 12.2. The van der Waals surface area contributed by atoms with Crippen LogP contribution in [0.3, 0.4) is 0 Å². The van der Waals surface area contributed by atoms with Gasteiger partial charge >= 0.3 is 5.97 Å². The van der Waals surface area contributed by atoms with E-state index in [9.17, 15) is 19.7 Å². The van der Waals surface area contributed by atoms with Crippen molar-refractivity contribution in [3.05, 3.63) is 33.9 Å². The molecule has 1 atom stereocenters. The van der Waals surface area contributed by atoms with Crippen LogP contribution in [0.4, 0.5) is 11.4 Å². The van der Waals surface area contributed by atoms with E-state index in [4.69, 9.17) is 9.84 Å². The van der Waals surface area contributed by atoms with E-state index >= 15 is 0 Å². The highest BCUT2D eigenvalue weighted by atomic mass is 16.6. The summed E-state index contributed by atoms with van der Waals surface area (Å²) in [4.78, 5) is 35.4. The fourth-order valence-electron chi connectivity index (χ4n) is 1.80. The molecular weight excluding hydrogens is 306 g/mol. The van der Waals surface area contributed by atoms with Crippen LogP contribution in [0.5, 0.6) is 0 Å². The standard InChI is InChI=1S/C14H19N3O6/c1-9(13(19)16(2)3)23-14(20)11-8-10(17(21)22)4-5-12(11)15-6-7-18/h4-5,8-9,15,18H,6-7H2,1-3H3/t9-/m0/s1. The Labute approximate surface area is 133 Å². The van der Waals surface area contributed by atoms with Gasteiger partial charge in [-0.2, -0.15) is 0 Å². The predicted octanol–water partition coefficient (Wildman–Crippen LogP) is 0.632. The number of esters is 1. The van der Waals surface area contributed by atoms with Gasteiger partial charge in [0.1, 0.15) is 0 Å². The SMILES string of the molecule is C[C@H](OC(=O)c1cc([N+](=O)[O-])ccc1NCCO)C(=O)N(C)C. The average Bonchev–Trinajstić information content (AvgIpc) is 2.51. The van der Waals surface area contributed by atoms with Gasteiger partial charge in [-0.1, -0.05) is 0 Å². The highest BCUT2D eigenvalue weighted by Crippen LogP contribution is 2.23. The highest BCUT2D eigenvalue weighted by Gasteiger charge is 2.23. The summed E-state index contributed by atoms with van der Waals surface area (Å²) in [6.07, 6.45) is -1.03. The van der Waals surface area contributed by atoms with Gasteiger partial charge in [0.25, 0.3) is 11.6 Å². The lowest BCUT2D eigenvalue weighted by molar-refractivity contribution is -0.384. The summed E-state index contributed by atoms with van der Waals surface area (Å²) < 4.78 is 5.06. The van der Waals surface area contributed by atoms with Crippen LogP contribution in [0.2, 0.25) is 0 Å². The molecule has 9 nitrogen and oxygen atoms in total. The van der Waals surface area contributed by atoms with Crippen LogP contribution in [0.1, 0.15) is 17.3 Å². The minimum Gasteiger partial charge on any atom is -0.449 e. The molecule has 1 aromatic carbocycles. The van der Waals surface area contributed by atoms with Crippen LogP contribution in [-0.2, 0) is 9.53 Å². The van der Waals surface area contributed by atoms with E-state index in [0.29, 0.717) is 0 Å². The molecule has 0 saturated heterocycles. The molecule has 1 rings (SSSR count). The molecule has 1 aromatic rings. The number of anilines is 1. The van der Waals surface area contributed by atoms with Crippen LogP contribution in [0.25, 0.3) is 0 Å². The lowest BCUT2D eigenvalue weighted by atomic mass is 10.1. The zero-order valence-corrected chi connectivity index (χ0v) is 13.1. The number of hydrogen-bond acceptors (Lipinski definition) is 7. The number of ether oxygens (including phenoxy) is 1. The first-order valence-corrected chi connectivity index (χ1v) is 6.83. The lowest BCUT2D eigenvalue weighted by Crippen LogP contribution is -2.35. The zero-order valence-electron chi connectivity index (χ0n) is 13.1. The monoisotopic (exact) mass is 325 g/mol. The summed E-state index contributed by atoms with van der Waals surface area (Å²) in [6.45, 7) is 1.39. The summed E-state index contributed by atoms with van der Waals surface area (Å²) in [5.74, 6) is -1.27. The van der Waals surface area contributed by atoms with E-state index < -0.39 is 22.9 Å². The van der Waals surface area contributed by atoms with Crippen LogP contribution in [0, 0.1) is 10.1 Å². The number of benzene rings is 1. The number of amides is 1. The number of nitrogens with zero attached hydrogens (tertiary/aromatic N) is 2. The molecule has 1 amide bonds. The van der Waals surface area contributed by atoms with Crippen molar-refractivity contribution < 1.29 is 24.4 Å². The molecule has 0 aromatic heterocycles. The third kappa shape index (κ3) is 4.92. The Morgan fingerprint density at radius 1 is 1.43 bits per heavy atom. The van der Waals surface area contributed by atoms with Gasteiger partial charge < -0.3 is 20.1 Å². The second-order valence-corrected chi connectivity index (χ2v) is 4.92. The number of hydrogen-bond donors (Lipinski definition) is 2. The van der Waals surface area contributed by atoms with Gasteiger partial charge in [-0.3, -0.25) is 14.9 Å². The van der Waals surface area contributed by atoms with E-state index in [1.54, 1.807) is 0 Å². The Morgan fingerprint density at radius 2 is 2.09 bits per heavy atom. The number of likely N-dealkylation sites (N-methyl/N-ethyl adjacent to an activating group) is 1. The van der Waals surface area contributed by atoms with Gasteiger partial charge in [0.15, 0.2) is 6.10 Å². The van der Waals surface area contributed by atoms with Crippen molar-refractivity contribution in [2.45, 2.75) is 13.0 Å². The first-order chi connectivity index (χ1) is 10.8. The van der Waals surface area contributed by atoms with Crippen LogP contribution < -0.4 is 5.32 Å². The third-order valence-electron chi connectivity index (χ3n) is 2.93. The average molecular weight is 325 g/mol. The molecule has 0 aliphatic rings. The molecule has 0 fully saturated rings. The fraction of sp³-hybridized carbons (Fsp3) is 0.429. The molecule has 0 bridgehead atoms. The molecule has 0 aliphatic heterocycles. The molecule has 0 heterocycles. The smallest absolute Gasteiger partial charge is 0.341 e. The maximum Gasteiger partial charge on any atom is 0.341 e. The fourth-order valence-corrected chi connectivity index (χ4v) is 1.80. The minimum atomic E-state index is -1.03. The number of nitro groups is 1. The van der Waals surface area contributed by atoms with Crippen molar-refractivity contribution in [2.75, 3.05) is 32.6 Å². The lowest BCUT2D eigenvalue weighted by Gasteiger charge is -2.18. The van der Waals surface area contributed by atoms with Gasteiger partial charge in [-0.15, -0.1) is 0 Å². The van der Waals surface area contributed by atoms with Crippen molar-refractivity contribution in [1.82, 2.24) is 4.90 Å². The van der Waals surface area contributed by atoms with Crippen molar-refractivity contribution in [2.24, 2.45) is 0 Å². The molecule has 2 N–H and O–H groups in total. The molecule has 23 heavy (non-hydrogen) atoms. The summed E-state index contributed by atoms with van der Waals surface area (Å²) >= 11 is 0. The van der Waals surface area contributed by atoms with Gasteiger partial charge in [0.2, 0.25) is 0 Å². The predicted molar refractivity (Wildman–Crippen MR) is 82.2 cm³/mol. The van der Waals surface area contributed by atoms with E-state index in [1.165, 1.54) is 38.1 Å². The Balaban J connectivity index is 3.06. The molecular formula is C14H19N3O6. The quantitative estimate of drug-likeness (QED) is 0.428. The zero-order chi connectivity index (χ0) is 17.6. The summed E-state index contributed by atoms with van der Waals surface area (Å²) in [5.41, 5.74) is -0.0803. The number of carbonyl (C=O) groups excluding carboxylic acids is 2. The van der Waals surface area contributed by atoms with Crippen molar-refractivity contribution >= 4 is 23.3 Å². The van der Waals surface area contributed by atoms with E-state index in [-0.39, 0.29) is 30.1 Å².